The van der Waals surface area contributed by atoms with Gasteiger partial charge >= 0.3 is 6.18 Å². The van der Waals surface area contributed by atoms with E-state index in [9.17, 15) is 22.4 Å². The maximum Gasteiger partial charge on any atom is 0.417 e. The Morgan fingerprint density at radius 1 is 1.11 bits per heavy atom. The highest BCUT2D eigenvalue weighted by molar-refractivity contribution is 6.33. The first-order chi connectivity index (χ1) is 17.7. The number of halogens is 5. The van der Waals surface area contributed by atoms with Crippen molar-refractivity contribution in [3.63, 3.8) is 0 Å². The number of nitrogens with one attached hydrogen (secondary N) is 1. The molecule has 0 atom stereocenters. The van der Waals surface area contributed by atoms with E-state index in [-0.39, 0.29) is 28.9 Å². The molecule has 5 rings (SSSR count). The molecule has 1 saturated heterocycles. The summed E-state index contributed by atoms with van der Waals surface area (Å²) in [5.41, 5.74) is 0.215. The van der Waals surface area contributed by atoms with Crippen LogP contribution in [0.1, 0.15) is 5.56 Å². The molecule has 4 heterocycles. The van der Waals surface area contributed by atoms with E-state index in [0.717, 1.165) is 12.3 Å². The third-order valence-electron chi connectivity index (χ3n) is 6.05. The van der Waals surface area contributed by atoms with Crippen LogP contribution in [-0.2, 0) is 11.0 Å². The zero-order valence-electron chi connectivity index (χ0n) is 19.2. The second-order valence-corrected chi connectivity index (χ2v) is 8.75. The maximum absolute atomic E-state index is 14.5. The van der Waals surface area contributed by atoms with Crippen LogP contribution in [0.3, 0.4) is 0 Å². The van der Waals surface area contributed by atoms with E-state index in [4.69, 9.17) is 11.6 Å². The van der Waals surface area contributed by atoms with E-state index in [2.05, 4.69) is 20.3 Å². The highest BCUT2D eigenvalue weighted by Gasteiger charge is 2.32. The van der Waals surface area contributed by atoms with Gasteiger partial charge in [0.05, 0.1) is 23.3 Å². The Morgan fingerprint density at radius 2 is 1.86 bits per heavy atom. The number of fused-ring (bicyclic) bond motifs is 1. The first kappa shape index (κ1) is 24.8. The average Bonchev–Trinajstić information content (AvgIpc) is 3.25. The zero-order chi connectivity index (χ0) is 26.2. The highest BCUT2D eigenvalue weighted by Crippen LogP contribution is 2.34. The molecule has 37 heavy (non-hydrogen) atoms. The number of aromatic nitrogens is 4. The Morgan fingerprint density at radius 3 is 2.57 bits per heavy atom. The number of hydrogen-bond donors (Lipinski definition) is 1. The van der Waals surface area contributed by atoms with Crippen LogP contribution in [0.5, 0.6) is 0 Å². The highest BCUT2D eigenvalue weighted by atomic mass is 35.5. The zero-order valence-corrected chi connectivity index (χ0v) is 20.0. The van der Waals surface area contributed by atoms with Crippen LogP contribution < -0.4 is 10.2 Å². The van der Waals surface area contributed by atoms with Crippen molar-refractivity contribution in [3.05, 3.63) is 71.5 Å². The average molecular weight is 534 g/mol. The molecule has 0 aliphatic carbocycles. The smallest absolute Gasteiger partial charge is 0.360 e. The molecule has 0 saturated carbocycles. The fourth-order valence-electron chi connectivity index (χ4n) is 4.17. The van der Waals surface area contributed by atoms with Crippen LogP contribution in [0.25, 0.3) is 16.9 Å². The van der Waals surface area contributed by atoms with E-state index >= 15 is 0 Å². The molecule has 0 spiro atoms. The molecule has 4 aromatic rings. The van der Waals surface area contributed by atoms with Gasteiger partial charge in [-0.3, -0.25) is 14.2 Å². The molecule has 1 aliphatic rings. The van der Waals surface area contributed by atoms with Gasteiger partial charge in [-0.2, -0.15) is 13.2 Å². The number of rotatable bonds is 5. The monoisotopic (exact) mass is 533 g/mol. The Hall–Kier alpha value is -3.93. The third-order valence-corrected chi connectivity index (χ3v) is 6.33. The molecule has 1 aromatic carbocycles. The molecule has 3 aromatic heterocycles. The summed E-state index contributed by atoms with van der Waals surface area (Å²) in [6.07, 6.45) is 0.987. The Labute approximate surface area is 213 Å². The topological polar surface area (TPSA) is 78.7 Å². The van der Waals surface area contributed by atoms with Crippen molar-refractivity contribution in [1.29, 1.82) is 0 Å². The van der Waals surface area contributed by atoms with Gasteiger partial charge in [0.15, 0.2) is 5.65 Å². The number of anilines is 2. The molecule has 1 aliphatic heterocycles. The van der Waals surface area contributed by atoms with E-state index < -0.39 is 17.6 Å². The van der Waals surface area contributed by atoms with Gasteiger partial charge in [-0.05, 0) is 18.2 Å². The second-order valence-electron chi connectivity index (χ2n) is 8.34. The first-order valence-corrected chi connectivity index (χ1v) is 11.7. The molecule has 192 valence electrons. The molecule has 0 unspecified atom stereocenters. The van der Waals surface area contributed by atoms with Crippen molar-refractivity contribution in [2.75, 3.05) is 42.9 Å². The lowest BCUT2D eigenvalue weighted by Crippen LogP contribution is -2.50. The summed E-state index contributed by atoms with van der Waals surface area (Å²) in [5, 5.41) is 2.99. The Kier molecular flexibility index (Phi) is 6.59. The summed E-state index contributed by atoms with van der Waals surface area (Å²) in [6, 6.07) is 7.08. The molecule has 0 radical (unpaired) electrons. The van der Waals surface area contributed by atoms with Crippen LogP contribution in [0.15, 0.2) is 55.1 Å². The quantitative estimate of drug-likeness (QED) is 0.384. The fraction of sp³-hybridized carbons (Fsp3) is 0.250. The van der Waals surface area contributed by atoms with Crippen molar-refractivity contribution in [1.82, 2.24) is 24.3 Å². The summed E-state index contributed by atoms with van der Waals surface area (Å²) in [6.45, 7) is 1.29. The number of nitrogens with zero attached hydrogens (tertiary/aromatic N) is 6. The van der Waals surface area contributed by atoms with Gasteiger partial charge in [0.2, 0.25) is 5.91 Å². The molecule has 8 nitrogen and oxygen atoms in total. The van der Waals surface area contributed by atoms with Gasteiger partial charge in [-0.25, -0.2) is 14.4 Å². The normalized spacial score (nSPS) is 14.3. The van der Waals surface area contributed by atoms with Gasteiger partial charge in [-0.1, -0.05) is 23.7 Å². The second kappa shape index (κ2) is 9.85. The van der Waals surface area contributed by atoms with Gasteiger partial charge < -0.3 is 15.1 Å². The molecule has 1 fully saturated rings. The number of pyridine rings is 1. The number of benzene rings is 1. The van der Waals surface area contributed by atoms with Crippen LogP contribution >= 0.6 is 11.6 Å². The largest absolute Gasteiger partial charge is 0.417 e. The third kappa shape index (κ3) is 5.01. The van der Waals surface area contributed by atoms with Gasteiger partial charge in [0.25, 0.3) is 0 Å². The SMILES string of the molecule is O=C(CNc1c(-c2ccccc2F)nc2cnccn12)N1CCN(c2ncc(C(F)(F)F)cc2Cl)CC1. The van der Waals surface area contributed by atoms with Crippen molar-refractivity contribution >= 4 is 34.8 Å². The molecular weight excluding hydrogens is 514 g/mol. The Balaban J connectivity index is 1.27. The minimum absolute atomic E-state index is 0.0726. The summed E-state index contributed by atoms with van der Waals surface area (Å²) in [5.74, 6) is 0.0542. The van der Waals surface area contributed by atoms with Gasteiger partial charge in [-0.15, -0.1) is 0 Å². The number of carbonyl (C=O) groups excluding carboxylic acids is 1. The van der Waals surface area contributed by atoms with Crippen LogP contribution in [0.4, 0.5) is 29.2 Å². The van der Waals surface area contributed by atoms with E-state index in [1.807, 2.05) is 0 Å². The minimum atomic E-state index is -4.53. The molecule has 1 N–H and O–H groups in total. The predicted octanol–water partition coefficient (Wildman–Crippen LogP) is 4.36. The van der Waals surface area contributed by atoms with Crippen LogP contribution in [-0.4, -0.2) is 62.9 Å². The molecule has 13 heteroatoms. The number of hydrogen-bond acceptors (Lipinski definition) is 6. The summed E-state index contributed by atoms with van der Waals surface area (Å²) < 4.78 is 54.9. The van der Waals surface area contributed by atoms with Gasteiger partial charge in [0, 0.05) is 50.3 Å². The number of amides is 1. The van der Waals surface area contributed by atoms with E-state index in [1.165, 1.54) is 12.3 Å². The van der Waals surface area contributed by atoms with Crippen molar-refractivity contribution in [2.45, 2.75) is 6.18 Å². The van der Waals surface area contributed by atoms with Crippen molar-refractivity contribution < 1.29 is 22.4 Å². The van der Waals surface area contributed by atoms with Crippen LogP contribution in [0, 0.1) is 5.82 Å². The van der Waals surface area contributed by atoms with Crippen LogP contribution in [0.2, 0.25) is 5.02 Å². The Bertz CT molecular complexity index is 1450. The lowest BCUT2D eigenvalue weighted by atomic mass is 10.1. The minimum Gasteiger partial charge on any atom is -0.360 e. The number of imidazole rings is 1. The summed E-state index contributed by atoms with van der Waals surface area (Å²) in [4.78, 5) is 28.8. The summed E-state index contributed by atoms with van der Waals surface area (Å²) >= 11 is 6.06. The number of alkyl halides is 3. The molecule has 1 amide bonds. The number of piperazine rings is 1. The lowest BCUT2D eigenvalue weighted by Gasteiger charge is -2.36. The number of carbonyl (C=O) groups is 1. The summed E-state index contributed by atoms with van der Waals surface area (Å²) in [7, 11) is 0. The van der Waals surface area contributed by atoms with Crippen molar-refractivity contribution in [2.24, 2.45) is 0 Å². The van der Waals surface area contributed by atoms with E-state index in [1.54, 1.807) is 44.8 Å². The van der Waals surface area contributed by atoms with E-state index in [0.29, 0.717) is 43.3 Å². The maximum atomic E-state index is 14.5. The molecular formula is C24H20ClF4N7O. The molecule has 0 bridgehead atoms. The standard InChI is InChI=1S/C24H20ClF4N7O/c25-17-11-15(24(27,28)29)12-31-22(17)35-9-7-34(8-10-35)20(37)14-32-23-21(16-3-1-2-4-18(16)26)33-19-13-30-5-6-36(19)23/h1-6,11-13,32H,7-10,14H2. The first-order valence-electron chi connectivity index (χ1n) is 11.3. The van der Waals surface area contributed by atoms with Gasteiger partial charge in [0.1, 0.15) is 23.1 Å². The lowest BCUT2D eigenvalue weighted by molar-refractivity contribution is -0.137. The predicted molar refractivity (Wildman–Crippen MR) is 130 cm³/mol. The fourth-order valence-corrected chi connectivity index (χ4v) is 4.46. The van der Waals surface area contributed by atoms with Crippen molar-refractivity contribution in [3.8, 4) is 11.3 Å².